The van der Waals surface area contributed by atoms with Gasteiger partial charge in [0, 0.05) is 31.1 Å². The van der Waals surface area contributed by atoms with Gasteiger partial charge in [0.1, 0.15) is 4.21 Å². The highest BCUT2D eigenvalue weighted by molar-refractivity contribution is 14.0. The van der Waals surface area contributed by atoms with E-state index in [2.05, 4.69) is 9.89 Å². The fourth-order valence-electron chi connectivity index (χ4n) is 2.83. The van der Waals surface area contributed by atoms with Gasteiger partial charge in [0.15, 0.2) is 5.96 Å². The molecule has 2 heterocycles. The molecular weight excluding hydrogens is 471 g/mol. The van der Waals surface area contributed by atoms with Crippen molar-refractivity contribution in [3.63, 3.8) is 0 Å². The molecule has 6 nitrogen and oxygen atoms in total. The number of likely N-dealkylation sites (tertiary alicyclic amines) is 1. The lowest BCUT2D eigenvalue weighted by atomic mass is 10.2. The van der Waals surface area contributed by atoms with Crippen molar-refractivity contribution in [3.05, 3.63) is 17.0 Å². The lowest BCUT2D eigenvalue weighted by Gasteiger charge is -2.20. The number of thiophene rings is 1. The number of nitrogens with two attached hydrogens (primary N) is 1. The van der Waals surface area contributed by atoms with E-state index in [1.807, 2.05) is 19.9 Å². The molecule has 144 valence electrons. The van der Waals surface area contributed by atoms with Gasteiger partial charge in [-0.25, -0.2) is 13.4 Å². The minimum atomic E-state index is -3.38. The van der Waals surface area contributed by atoms with E-state index in [1.165, 1.54) is 28.5 Å². The lowest BCUT2D eigenvalue weighted by Crippen LogP contribution is -2.38. The number of rotatable bonds is 6. The van der Waals surface area contributed by atoms with Gasteiger partial charge in [0.2, 0.25) is 0 Å². The molecule has 1 aromatic rings. The van der Waals surface area contributed by atoms with Gasteiger partial charge in [-0.3, -0.25) is 0 Å². The van der Waals surface area contributed by atoms with Crippen molar-refractivity contribution in [3.8, 4) is 0 Å². The van der Waals surface area contributed by atoms with Crippen LogP contribution in [0.2, 0.25) is 0 Å². The van der Waals surface area contributed by atoms with Crippen LogP contribution in [0.25, 0.3) is 0 Å². The summed E-state index contributed by atoms with van der Waals surface area (Å²) >= 11 is 1.28. The first-order chi connectivity index (χ1) is 11.5. The zero-order valence-electron chi connectivity index (χ0n) is 15.0. The molecule has 1 aliphatic rings. The molecule has 25 heavy (non-hydrogen) atoms. The van der Waals surface area contributed by atoms with E-state index in [1.54, 1.807) is 6.07 Å². The Balaban J connectivity index is 0.00000312. The fourth-order valence-corrected chi connectivity index (χ4v) is 5.72. The molecule has 0 atom stereocenters. The highest BCUT2D eigenvalue weighted by Crippen LogP contribution is 2.25. The van der Waals surface area contributed by atoms with Crippen LogP contribution in [-0.2, 0) is 16.6 Å². The van der Waals surface area contributed by atoms with Gasteiger partial charge in [-0.05, 0) is 25.0 Å². The maximum absolute atomic E-state index is 12.5. The number of sulfonamides is 1. The summed E-state index contributed by atoms with van der Waals surface area (Å²) < 4.78 is 26.8. The Labute approximate surface area is 172 Å². The molecule has 2 N–H and O–H groups in total. The zero-order valence-corrected chi connectivity index (χ0v) is 18.9. The summed E-state index contributed by atoms with van der Waals surface area (Å²) in [6, 6.07) is 3.51. The third-order valence-corrected chi connectivity index (χ3v) is 7.85. The van der Waals surface area contributed by atoms with Crippen molar-refractivity contribution in [2.45, 2.75) is 50.3 Å². The number of hydrogen-bond donors (Lipinski definition) is 1. The predicted octanol–water partition coefficient (Wildman–Crippen LogP) is 3.09. The van der Waals surface area contributed by atoms with Gasteiger partial charge in [0.25, 0.3) is 10.0 Å². The van der Waals surface area contributed by atoms with Crippen molar-refractivity contribution in [1.29, 1.82) is 0 Å². The molecule has 9 heteroatoms. The van der Waals surface area contributed by atoms with Gasteiger partial charge in [-0.1, -0.05) is 26.7 Å². The van der Waals surface area contributed by atoms with Crippen LogP contribution in [-0.4, -0.2) is 49.8 Å². The third-order valence-electron chi connectivity index (χ3n) is 4.26. The predicted molar refractivity (Wildman–Crippen MR) is 115 cm³/mol. The molecule has 1 saturated heterocycles. The van der Waals surface area contributed by atoms with E-state index >= 15 is 0 Å². The largest absolute Gasteiger partial charge is 0.370 e. The van der Waals surface area contributed by atoms with Crippen molar-refractivity contribution < 1.29 is 8.42 Å². The van der Waals surface area contributed by atoms with Gasteiger partial charge in [-0.2, -0.15) is 4.31 Å². The second-order valence-corrected chi connectivity index (χ2v) is 9.22. The Bertz CT molecular complexity index is 649. The lowest BCUT2D eigenvalue weighted by molar-refractivity contribution is 0.428. The van der Waals surface area contributed by atoms with Crippen LogP contribution in [0, 0.1) is 0 Å². The first kappa shape index (κ1) is 22.7. The second kappa shape index (κ2) is 10.7. The van der Waals surface area contributed by atoms with Crippen molar-refractivity contribution in [2.24, 2.45) is 10.7 Å². The van der Waals surface area contributed by atoms with E-state index in [9.17, 15) is 8.42 Å². The standard InChI is InChI=1S/C16H28N4O2S2.HI/c1-3-20(4-2)24(21,22)15-10-9-14(23-15)13-18-16(17)19-11-7-5-6-8-12-19;/h9-10H,3-8,11-13H2,1-2H3,(H2,17,18);1H. The van der Waals surface area contributed by atoms with Crippen LogP contribution < -0.4 is 5.73 Å². The summed E-state index contributed by atoms with van der Waals surface area (Å²) in [7, 11) is -3.38. The monoisotopic (exact) mass is 500 g/mol. The SMILES string of the molecule is CCN(CC)S(=O)(=O)c1ccc(CN=C(N)N2CCCCCC2)s1.I. The van der Waals surface area contributed by atoms with Crippen LogP contribution in [0.5, 0.6) is 0 Å². The van der Waals surface area contributed by atoms with Crippen molar-refractivity contribution >= 4 is 51.3 Å². The average molecular weight is 500 g/mol. The number of halogens is 1. The van der Waals surface area contributed by atoms with E-state index in [4.69, 9.17) is 5.73 Å². The average Bonchev–Trinajstić information content (AvgIpc) is 2.88. The van der Waals surface area contributed by atoms with E-state index in [-0.39, 0.29) is 24.0 Å². The summed E-state index contributed by atoms with van der Waals surface area (Å²) in [4.78, 5) is 7.51. The molecule has 1 fully saturated rings. The summed E-state index contributed by atoms with van der Waals surface area (Å²) in [5.74, 6) is 0.568. The molecule has 0 saturated carbocycles. The zero-order chi connectivity index (χ0) is 17.6. The quantitative estimate of drug-likeness (QED) is 0.370. The van der Waals surface area contributed by atoms with Crippen LogP contribution in [0.3, 0.4) is 0 Å². The van der Waals surface area contributed by atoms with Crippen LogP contribution in [0.1, 0.15) is 44.4 Å². The number of aliphatic imine (C=N–C) groups is 1. The Morgan fingerprint density at radius 3 is 2.36 bits per heavy atom. The van der Waals surface area contributed by atoms with Crippen molar-refractivity contribution in [2.75, 3.05) is 26.2 Å². The molecule has 1 aromatic heterocycles. The van der Waals surface area contributed by atoms with Gasteiger partial charge in [-0.15, -0.1) is 35.3 Å². The van der Waals surface area contributed by atoms with E-state index in [0.717, 1.165) is 30.8 Å². The Kier molecular flexibility index (Phi) is 9.68. The smallest absolute Gasteiger partial charge is 0.252 e. The topological polar surface area (TPSA) is 79.0 Å². The summed E-state index contributed by atoms with van der Waals surface area (Å²) in [6.45, 7) is 7.01. The Morgan fingerprint density at radius 2 is 1.80 bits per heavy atom. The van der Waals surface area contributed by atoms with Crippen LogP contribution in [0.4, 0.5) is 0 Å². The number of guanidine groups is 1. The summed E-state index contributed by atoms with van der Waals surface area (Å²) in [6.07, 6.45) is 4.81. The normalized spacial score (nSPS) is 16.6. The van der Waals surface area contributed by atoms with E-state index in [0.29, 0.717) is 29.8 Å². The second-order valence-electron chi connectivity index (χ2n) is 5.89. The minimum absolute atomic E-state index is 0. The maximum Gasteiger partial charge on any atom is 0.252 e. The summed E-state index contributed by atoms with van der Waals surface area (Å²) in [5.41, 5.74) is 6.10. The van der Waals surface area contributed by atoms with Crippen LogP contribution >= 0.6 is 35.3 Å². The molecule has 0 aliphatic carbocycles. The molecule has 0 bridgehead atoms. The third kappa shape index (κ3) is 6.07. The first-order valence-electron chi connectivity index (χ1n) is 8.62. The summed E-state index contributed by atoms with van der Waals surface area (Å²) in [5, 5.41) is 0. The molecule has 1 aliphatic heterocycles. The first-order valence-corrected chi connectivity index (χ1v) is 10.9. The highest BCUT2D eigenvalue weighted by atomic mass is 127. The fraction of sp³-hybridized carbons (Fsp3) is 0.688. The molecule has 0 aromatic carbocycles. The Morgan fingerprint density at radius 1 is 1.20 bits per heavy atom. The molecule has 0 spiro atoms. The molecule has 2 rings (SSSR count). The minimum Gasteiger partial charge on any atom is -0.370 e. The Hall–Kier alpha value is -0.390. The number of hydrogen-bond acceptors (Lipinski definition) is 4. The van der Waals surface area contributed by atoms with Gasteiger partial charge in [0.05, 0.1) is 6.54 Å². The highest BCUT2D eigenvalue weighted by Gasteiger charge is 2.23. The van der Waals surface area contributed by atoms with Crippen LogP contribution in [0.15, 0.2) is 21.3 Å². The van der Waals surface area contributed by atoms with Crippen molar-refractivity contribution in [1.82, 2.24) is 9.21 Å². The van der Waals surface area contributed by atoms with Gasteiger partial charge >= 0.3 is 0 Å². The molecule has 0 unspecified atom stereocenters. The van der Waals surface area contributed by atoms with Gasteiger partial charge < -0.3 is 10.6 Å². The number of nitrogens with zero attached hydrogens (tertiary/aromatic N) is 3. The van der Waals surface area contributed by atoms with E-state index < -0.39 is 10.0 Å². The molecular formula is C16H29IN4O2S2. The maximum atomic E-state index is 12.5. The molecule has 0 amide bonds. The molecule has 0 radical (unpaired) electrons.